The van der Waals surface area contributed by atoms with Crippen LogP contribution in [0.15, 0.2) is 68.4 Å². The first-order valence-electron chi connectivity index (χ1n) is 19.1. The number of fused-ring (bicyclic) bond motifs is 2. The van der Waals surface area contributed by atoms with E-state index in [0.717, 1.165) is 0 Å². The third kappa shape index (κ3) is 7.86. The molecule has 4 N–H and O–H groups in total. The molecule has 16 heteroatoms. The monoisotopic (exact) mass is 848 g/mol. The highest BCUT2D eigenvalue weighted by Gasteiger charge is 2.49. The van der Waals surface area contributed by atoms with Gasteiger partial charge in [-0.15, -0.1) is 11.4 Å². The molecule has 59 heavy (non-hydrogen) atoms. The van der Waals surface area contributed by atoms with Gasteiger partial charge in [-0.1, -0.05) is 60.4 Å². The summed E-state index contributed by atoms with van der Waals surface area (Å²) >= 11 is 1.32. The van der Waals surface area contributed by atoms with Crippen LogP contribution in [0.5, 0.6) is 11.5 Å². The van der Waals surface area contributed by atoms with Crippen molar-refractivity contribution < 1.29 is 53.1 Å². The van der Waals surface area contributed by atoms with E-state index in [-0.39, 0.29) is 50.0 Å². The number of hydrogen-bond acceptors (Lipinski definition) is 14. The number of ether oxygens (including phenoxy) is 4. The zero-order valence-electron chi connectivity index (χ0n) is 34.2. The van der Waals surface area contributed by atoms with Gasteiger partial charge < -0.3 is 44.0 Å². The lowest BCUT2D eigenvalue weighted by Crippen LogP contribution is -2.46. The highest BCUT2D eigenvalue weighted by atomic mass is 32.7. The van der Waals surface area contributed by atoms with Crippen LogP contribution in [-0.4, -0.2) is 75.3 Å². The number of nitrogens with one attached hydrogen (secondary N) is 1. The lowest BCUT2D eigenvalue weighted by atomic mass is 9.78. The number of carbonyl (C=O) groups excluding carboxylic acids is 3. The number of amides is 1. The van der Waals surface area contributed by atoms with Gasteiger partial charge in [0.05, 0.1) is 35.5 Å². The number of phenolic OH excluding ortho intramolecular Hbond substituents is 1. The van der Waals surface area contributed by atoms with E-state index in [4.69, 9.17) is 28.3 Å². The number of rotatable bonds is 3. The van der Waals surface area contributed by atoms with Crippen LogP contribution in [-0.2, 0) is 23.8 Å². The summed E-state index contributed by atoms with van der Waals surface area (Å²) in [5, 5.41) is 37.2. The van der Waals surface area contributed by atoms with Crippen molar-refractivity contribution in [1.29, 1.82) is 0 Å². The third-order valence-electron chi connectivity index (χ3n) is 11.5. The number of aromatic nitrogens is 1. The van der Waals surface area contributed by atoms with Crippen LogP contribution in [0.2, 0.25) is 0 Å². The molecule has 0 radical (unpaired) electrons. The maximum absolute atomic E-state index is 14.6. The van der Waals surface area contributed by atoms with Crippen molar-refractivity contribution in [1.82, 2.24) is 4.98 Å². The summed E-state index contributed by atoms with van der Waals surface area (Å²) in [7, 11) is 3.99. The number of aromatic hydroxyl groups is 1. The molecule has 2 aliphatic heterocycles. The minimum atomic E-state index is -2.03. The number of aliphatic hydroxyl groups is 2. The topological polar surface area (TPSA) is 204 Å². The van der Waals surface area contributed by atoms with E-state index in [9.17, 15) is 34.5 Å². The van der Waals surface area contributed by atoms with Gasteiger partial charge in [-0.05, 0) is 32.1 Å². The molecule has 3 heterocycles. The molecule has 0 fully saturated rings. The van der Waals surface area contributed by atoms with Crippen LogP contribution in [0.3, 0.4) is 0 Å². The van der Waals surface area contributed by atoms with Crippen LogP contribution < -0.4 is 15.5 Å². The average Bonchev–Trinajstić information content (AvgIpc) is 3.47. The summed E-state index contributed by atoms with van der Waals surface area (Å²) in [6.45, 7) is 12.6. The number of allylic oxidation sites excluding steroid dienone is 2. The fourth-order valence-corrected chi connectivity index (χ4v) is 8.88. The number of methoxy groups -OCH3 is 1. The number of aliphatic hydroxyl groups excluding tert-OH is 2. The van der Waals surface area contributed by atoms with Gasteiger partial charge in [0.1, 0.15) is 28.6 Å². The summed E-state index contributed by atoms with van der Waals surface area (Å²) < 4.78 is 30.1. The van der Waals surface area contributed by atoms with Crippen molar-refractivity contribution in [3.05, 3.63) is 75.7 Å². The number of esters is 1. The molecule has 0 saturated carbocycles. The molecule has 2 unspecified atom stereocenters. The lowest BCUT2D eigenvalue weighted by molar-refractivity contribution is -0.160. The predicted octanol–water partition coefficient (Wildman–Crippen LogP) is 6.88. The summed E-state index contributed by atoms with van der Waals surface area (Å²) in [6.07, 6.45) is 3.65. The second kappa shape index (κ2) is 17.1. The molecule has 314 valence electrons. The van der Waals surface area contributed by atoms with Crippen molar-refractivity contribution in [3.63, 3.8) is 0 Å². The number of phenols is 1. The summed E-state index contributed by atoms with van der Waals surface area (Å²) in [5.74, 6) is -7.15. The first-order chi connectivity index (χ1) is 27.9. The third-order valence-corrected chi connectivity index (χ3v) is 12.8. The van der Waals surface area contributed by atoms with Crippen LogP contribution in [0.25, 0.3) is 33.0 Å². The molecule has 1 amide bonds. The molecule has 14 nitrogen and oxygen atoms in total. The standard InChI is InChI=1S/C43H49N2O12PS/c1-18-12-10-13-19(2)42(52)45-33-37(50)29-28(32-40(33)56-26-14-11-15-27(59-58)31(26)44-32)30-39(23(6)36(29)49)57-43(8,41(30)51)54-17-16-25(53-9)20(3)38(55-24(7)46)22(5)35(48)21(4)34(18)47/h10-18,20-22,25,34-35,38,47-48,50H,58H2,1-9H3,(H,45,52)/t18-,20+,21+,22+,25-,34-,35+,38+,43?/m0/s1. The molecule has 6 rings (SSSR count). The van der Waals surface area contributed by atoms with E-state index in [0.29, 0.717) is 16.0 Å². The maximum atomic E-state index is 14.6. The van der Waals surface area contributed by atoms with E-state index in [1.165, 1.54) is 64.6 Å². The van der Waals surface area contributed by atoms with Gasteiger partial charge in [0, 0.05) is 66.0 Å². The molecule has 0 saturated heterocycles. The minimum absolute atomic E-state index is 0.000409. The van der Waals surface area contributed by atoms with Gasteiger partial charge in [-0.25, -0.2) is 4.98 Å². The minimum Gasteiger partial charge on any atom is -0.505 e. The van der Waals surface area contributed by atoms with Gasteiger partial charge in [0.25, 0.3) is 11.7 Å². The van der Waals surface area contributed by atoms with Crippen LogP contribution in [0.1, 0.15) is 64.4 Å². The number of nitrogens with zero attached hydrogens (tertiary/aromatic N) is 1. The van der Waals surface area contributed by atoms with Gasteiger partial charge >= 0.3 is 11.8 Å². The molecule has 2 aliphatic rings. The van der Waals surface area contributed by atoms with Crippen molar-refractivity contribution in [2.75, 3.05) is 12.4 Å². The Morgan fingerprint density at radius 1 is 1.00 bits per heavy atom. The van der Waals surface area contributed by atoms with Crippen LogP contribution in [0.4, 0.5) is 5.69 Å². The first-order valence-corrected chi connectivity index (χ1v) is 21.4. The Labute approximate surface area is 347 Å². The highest BCUT2D eigenvalue weighted by molar-refractivity contribution is 8.44. The Kier molecular flexibility index (Phi) is 12.7. The number of ketones is 1. The molecule has 4 aromatic rings. The fourth-order valence-electron chi connectivity index (χ4n) is 7.90. The van der Waals surface area contributed by atoms with Crippen molar-refractivity contribution >= 4 is 76.1 Å². The van der Waals surface area contributed by atoms with Gasteiger partial charge in [-0.3, -0.25) is 19.2 Å². The molecule has 1 aromatic heterocycles. The number of hydrogen-bond donors (Lipinski definition) is 4. The first kappa shape index (κ1) is 43.8. The van der Waals surface area contributed by atoms with E-state index < -0.39 is 82.7 Å². The average molecular weight is 849 g/mol. The molecular weight excluding hydrogens is 800 g/mol. The summed E-state index contributed by atoms with van der Waals surface area (Å²) in [6, 6.07) is 5.23. The Hall–Kier alpha value is -4.79. The number of para-hydroxylation sites is 1. The molecule has 0 spiro atoms. The lowest BCUT2D eigenvalue weighted by Gasteiger charge is -2.38. The molecular formula is C43H49N2O12PS. The van der Waals surface area contributed by atoms with E-state index >= 15 is 0 Å². The number of carbonyl (C=O) groups is 3. The largest absolute Gasteiger partial charge is 0.505 e. The second-order valence-corrected chi connectivity index (χ2v) is 16.8. The normalized spacial score (nSPS) is 28.2. The molecule has 0 aliphatic carbocycles. The quantitative estimate of drug-likeness (QED) is 0.0546. The SMILES string of the molecule is CO[C@H]1C=COC2(C)Oc3c(C)c(=O)c4c(O)c(c5oc6cccc(SP)c6nc5c4c3C2=O)NC(=O)C(C)=CC=C[C@H](C)[C@H](O)[C@@H](C)[C@@H](O)[C@@H](C)[C@H](OC(C)=O)[C@@H]1C. The smallest absolute Gasteiger partial charge is 0.312 e. The zero-order chi connectivity index (χ0) is 43.2. The van der Waals surface area contributed by atoms with Crippen LogP contribution in [0, 0.1) is 30.6 Å². The van der Waals surface area contributed by atoms with E-state index in [1.54, 1.807) is 52.0 Å². The highest BCUT2D eigenvalue weighted by Crippen LogP contribution is 2.49. The Morgan fingerprint density at radius 2 is 1.71 bits per heavy atom. The molecule has 3 aromatic carbocycles. The van der Waals surface area contributed by atoms with Crippen molar-refractivity contribution in [3.8, 4) is 11.5 Å². The van der Waals surface area contributed by atoms with Gasteiger partial charge in [-0.2, -0.15) is 0 Å². The van der Waals surface area contributed by atoms with Crippen molar-refractivity contribution in [2.24, 2.45) is 23.7 Å². The van der Waals surface area contributed by atoms with Gasteiger partial charge in [0.2, 0.25) is 0 Å². The summed E-state index contributed by atoms with van der Waals surface area (Å²) in [5.41, 5.74) is -0.220. The Bertz CT molecular complexity index is 2520. The summed E-state index contributed by atoms with van der Waals surface area (Å²) in [4.78, 5) is 60.7. The maximum Gasteiger partial charge on any atom is 0.312 e. The Balaban J connectivity index is 1.60. The number of anilines is 1. The van der Waals surface area contributed by atoms with E-state index in [2.05, 4.69) is 13.8 Å². The number of Topliss-reactive ketones (excluding diaryl/α,β-unsaturated/α-hetero) is 1. The van der Waals surface area contributed by atoms with E-state index in [1.807, 2.05) is 6.07 Å². The second-order valence-electron chi connectivity index (χ2n) is 15.4. The van der Waals surface area contributed by atoms with Gasteiger partial charge in [0.15, 0.2) is 22.3 Å². The Morgan fingerprint density at radius 3 is 2.37 bits per heavy atom. The fraction of sp³-hybridized carbons (Fsp3) is 0.419. The predicted molar refractivity (Wildman–Crippen MR) is 227 cm³/mol. The zero-order valence-corrected chi connectivity index (χ0v) is 36.2. The molecule has 10 atom stereocenters. The van der Waals surface area contributed by atoms with Crippen molar-refractivity contribution in [2.45, 2.75) is 90.5 Å². The molecule has 4 bridgehead atoms. The number of benzene rings is 3. The van der Waals surface area contributed by atoms with Crippen LogP contribution >= 0.6 is 19.8 Å².